The number of nitrogens with two attached hydrogens (primary N) is 2. The maximum atomic E-state index is 12.9. The highest BCUT2D eigenvalue weighted by molar-refractivity contribution is 5.84. The molecule has 0 unspecified atom stereocenters. The number of nitrogens with one attached hydrogen (secondary N) is 1. The normalized spacial score (nSPS) is 27.0. The summed E-state index contributed by atoms with van der Waals surface area (Å²) in [7, 11) is 0. The summed E-state index contributed by atoms with van der Waals surface area (Å²) in [4.78, 5) is 24.8. The fourth-order valence-electron chi connectivity index (χ4n) is 3.90. The summed E-state index contributed by atoms with van der Waals surface area (Å²) in [5.41, 5.74) is 9.92. The van der Waals surface area contributed by atoms with Crippen LogP contribution in [0.5, 0.6) is 0 Å². The third-order valence-electron chi connectivity index (χ3n) is 4.93. The first-order valence-corrected chi connectivity index (χ1v) is 7.82. The smallest absolute Gasteiger partial charge is 0.352 e. The van der Waals surface area contributed by atoms with Gasteiger partial charge in [-0.3, -0.25) is 4.79 Å². The van der Waals surface area contributed by atoms with E-state index in [1.165, 1.54) is 11.0 Å². The molecule has 1 aromatic rings. The number of halogens is 3. The van der Waals surface area contributed by atoms with Crippen molar-refractivity contribution in [1.82, 2.24) is 10.2 Å². The topological polar surface area (TPSA) is 101 Å². The van der Waals surface area contributed by atoms with Gasteiger partial charge in [-0.15, -0.1) is 0 Å². The molecule has 0 heterocycles. The number of alkyl halides is 3. The summed E-state index contributed by atoms with van der Waals surface area (Å²) in [5, 5.41) is 2.23. The molecule has 4 rings (SSSR count). The lowest BCUT2D eigenvalue weighted by molar-refractivity contribution is -0.182. The number of primary amides is 1. The predicted molar refractivity (Wildman–Crippen MR) is 83.1 cm³/mol. The van der Waals surface area contributed by atoms with Crippen LogP contribution in [0.25, 0.3) is 0 Å². The van der Waals surface area contributed by atoms with Gasteiger partial charge in [0.05, 0.1) is 12.1 Å². The van der Waals surface area contributed by atoms with Gasteiger partial charge in [-0.05, 0) is 37.0 Å². The molecule has 3 fully saturated rings. The van der Waals surface area contributed by atoms with Gasteiger partial charge in [0.1, 0.15) is 0 Å². The van der Waals surface area contributed by atoms with Crippen LogP contribution in [0.4, 0.5) is 18.0 Å². The number of nitrogens with zero attached hydrogens (tertiary/aromatic N) is 1. The first-order chi connectivity index (χ1) is 11.5. The zero-order valence-electron chi connectivity index (χ0n) is 13.4. The molecule has 2 bridgehead atoms. The molecular weight excluding hydrogens is 337 g/mol. The van der Waals surface area contributed by atoms with Crippen LogP contribution < -0.4 is 16.8 Å². The van der Waals surface area contributed by atoms with Crippen molar-refractivity contribution in [1.29, 1.82) is 0 Å². The van der Waals surface area contributed by atoms with Crippen LogP contribution in [0.3, 0.4) is 0 Å². The van der Waals surface area contributed by atoms with Gasteiger partial charge in [0, 0.05) is 17.6 Å². The average molecular weight is 356 g/mol. The Morgan fingerprint density at radius 1 is 1.24 bits per heavy atom. The van der Waals surface area contributed by atoms with Crippen LogP contribution in [0.15, 0.2) is 24.3 Å². The highest BCUT2D eigenvalue weighted by atomic mass is 19.4. The number of carbonyl (C=O) groups is 2. The molecule has 136 valence electrons. The van der Waals surface area contributed by atoms with E-state index in [1.807, 2.05) is 0 Å². The SMILES string of the molecule is NC(=O)NCC(=O)N(Cc1cccc(C(F)(F)F)c1)C12CC(N)(C1)C2. The van der Waals surface area contributed by atoms with Gasteiger partial charge < -0.3 is 21.7 Å². The first-order valence-electron chi connectivity index (χ1n) is 7.82. The number of hydrogen-bond donors (Lipinski definition) is 3. The Bertz CT molecular complexity index is 700. The fraction of sp³-hybridized carbons (Fsp3) is 0.500. The largest absolute Gasteiger partial charge is 0.416 e. The monoisotopic (exact) mass is 356 g/mol. The average Bonchev–Trinajstić information content (AvgIpc) is 2.46. The van der Waals surface area contributed by atoms with Crippen molar-refractivity contribution in [3.8, 4) is 0 Å². The van der Waals surface area contributed by atoms with E-state index in [1.54, 1.807) is 6.07 Å². The molecule has 0 spiro atoms. The maximum Gasteiger partial charge on any atom is 0.416 e. The minimum absolute atomic E-state index is 0.0271. The third-order valence-corrected chi connectivity index (χ3v) is 4.93. The standard InChI is InChI=1S/C16H19F3N4O2/c17-16(18,19)11-3-1-2-10(4-11)6-23(12(24)5-22-13(20)25)15-7-14(21,8-15)9-15/h1-4H,5-9,21H2,(H3,20,22,25). The number of benzene rings is 1. The summed E-state index contributed by atoms with van der Waals surface area (Å²) in [6.45, 7) is -0.271. The van der Waals surface area contributed by atoms with Gasteiger partial charge >= 0.3 is 12.2 Å². The van der Waals surface area contributed by atoms with E-state index in [0.717, 1.165) is 12.1 Å². The van der Waals surface area contributed by atoms with Crippen LogP contribution in [0.1, 0.15) is 30.4 Å². The second kappa shape index (κ2) is 5.62. The summed E-state index contributed by atoms with van der Waals surface area (Å²) in [5.74, 6) is -0.391. The van der Waals surface area contributed by atoms with E-state index in [-0.39, 0.29) is 18.6 Å². The van der Waals surface area contributed by atoms with Crippen molar-refractivity contribution in [2.24, 2.45) is 11.5 Å². The molecule has 1 aromatic carbocycles. The number of hydrogen-bond acceptors (Lipinski definition) is 3. The lowest BCUT2D eigenvalue weighted by atomic mass is 9.44. The molecule has 0 aliphatic heterocycles. The second-order valence-corrected chi connectivity index (χ2v) is 7.01. The van der Waals surface area contributed by atoms with Gasteiger partial charge in [-0.1, -0.05) is 12.1 Å². The van der Waals surface area contributed by atoms with Gasteiger partial charge in [0.25, 0.3) is 0 Å². The second-order valence-electron chi connectivity index (χ2n) is 7.01. The zero-order chi connectivity index (χ0) is 18.5. The van der Waals surface area contributed by atoms with Crippen LogP contribution in [-0.2, 0) is 17.5 Å². The van der Waals surface area contributed by atoms with E-state index in [9.17, 15) is 22.8 Å². The lowest BCUT2D eigenvalue weighted by Gasteiger charge is -2.72. The molecule has 3 aliphatic rings. The van der Waals surface area contributed by atoms with Crippen molar-refractivity contribution in [2.75, 3.05) is 6.54 Å². The minimum Gasteiger partial charge on any atom is -0.352 e. The Kier molecular flexibility index (Phi) is 3.94. The first kappa shape index (κ1) is 17.5. The van der Waals surface area contributed by atoms with Gasteiger partial charge in [0.2, 0.25) is 5.91 Å². The predicted octanol–water partition coefficient (Wildman–Crippen LogP) is 1.34. The number of rotatable bonds is 5. The van der Waals surface area contributed by atoms with E-state index in [2.05, 4.69) is 5.32 Å². The quantitative estimate of drug-likeness (QED) is 0.742. The van der Waals surface area contributed by atoms with Crippen molar-refractivity contribution in [3.63, 3.8) is 0 Å². The van der Waals surface area contributed by atoms with Crippen LogP contribution in [-0.4, -0.2) is 34.5 Å². The fourth-order valence-corrected chi connectivity index (χ4v) is 3.90. The number of carbonyl (C=O) groups excluding carboxylic acids is 2. The van der Waals surface area contributed by atoms with Gasteiger partial charge in [-0.2, -0.15) is 13.2 Å². The molecule has 0 radical (unpaired) electrons. The summed E-state index contributed by atoms with van der Waals surface area (Å²) < 4.78 is 38.7. The van der Waals surface area contributed by atoms with Crippen LogP contribution in [0, 0.1) is 0 Å². The molecule has 25 heavy (non-hydrogen) atoms. The Labute approximate surface area is 142 Å². The molecule has 9 heteroatoms. The third kappa shape index (κ3) is 3.28. The molecule has 0 saturated heterocycles. The zero-order valence-corrected chi connectivity index (χ0v) is 13.4. The minimum atomic E-state index is -4.45. The molecule has 5 N–H and O–H groups in total. The Morgan fingerprint density at radius 2 is 1.88 bits per heavy atom. The maximum absolute atomic E-state index is 12.9. The van der Waals surface area contributed by atoms with E-state index in [0.29, 0.717) is 24.8 Å². The number of urea groups is 1. The van der Waals surface area contributed by atoms with Crippen molar-refractivity contribution < 1.29 is 22.8 Å². The number of amides is 3. The van der Waals surface area contributed by atoms with Crippen molar-refractivity contribution in [2.45, 2.75) is 43.1 Å². The van der Waals surface area contributed by atoms with E-state index < -0.39 is 29.2 Å². The highest BCUT2D eigenvalue weighted by Crippen LogP contribution is 2.62. The highest BCUT2D eigenvalue weighted by Gasteiger charge is 2.69. The van der Waals surface area contributed by atoms with E-state index >= 15 is 0 Å². The molecule has 6 nitrogen and oxygen atoms in total. The summed E-state index contributed by atoms with van der Waals surface area (Å²) in [6, 6.07) is 4.04. The Balaban J connectivity index is 1.79. The summed E-state index contributed by atoms with van der Waals surface area (Å²) in [6.07, 6.45) is -2.61. The molecule has 0 atom stereocenters. The molecular formula is C16H19F3N4O2. The molecule has 0 aromatic heterocycles. The summed E-state index contributed by atoms with van der Waals surface area (Å²) >= 11 is 0. The van der Waals surface area contributed by atoms with Crippen LogP contribution in [0.2, 0.25) is 0 Å². The van der Waals surface area contributed by atoms with Crippen molar-refractivity contribution >= 4 is 11.9 Å². The molecule has 3 aliphatic carbocycles. The van der Waals surface area contributed by atoms with E-state index in [4.69, 9.17) is 11.5 Å². The Hall–Kier alpha value is -2.29. The lowest BCUT2D eigenvalue weighted by Crippen LogP contribution is -2.82. The molecule has 3 saturated carbocycles. The Morgan fingerprint density at radius 3 is 2.40 bits per heavy atom. The van der Waals surface area contributed by atoms with Crippen molar-refractivity contribution in [3.05, 3.63) is 35.4 Å². The molecule has 3 amide bonds. The van der Waals surface area contributed by atoms with Gasteiger partial charge in [0.15, 0.2) is 0 Å². The van der Waals surface area contributed by atoms with Crippen LogP contribution >= 0.6 is 0 Å². The van der Waals surface area contributed by atoms with Gasteiger partial charge in [-0.25, -0.2) is 4.79 Å².